The molecular weight excluding hydrogens is 264 g/mol. The van der Waals surface area contributed by atoms with E-state index in [2.05, 4.69) is 24.1 Å². The third kappa shape index (κ3) is 5.26. The fraction of sp³-hybridized carbons (Fsp3) is 0.941. The first-order valence-electron chi connectivity index (χ1n) is 8.54. The molecule has 124 valence electrons. The van der Waals surface area contributed by atoms with Gasteiger partial charge in [0.15, 0.2) is 0 Å². The van der Waals surface area contributed by atoms with Crippen molar-refractivity contribution in [2.75, 3.05) is 26.7 Å². The Morgan fingerprint density at radius 2 is 2.00 bits per heavy atom. The molecule has 2 atom stereocenters. The predicted molar refractivity (Wildman–Crippen MR) is 87.4 cm³/mol. The van der Waals surface area contributed by atoms with Crippen LogP contribution in [0.4, 0.5) is 0 Å². The maximum Gasteiger partial charge on any atom is 0.325 e. The number of piperidine rings is 1. The number of nitrogens with one attached hydrogen (secondary N) is 1. The van der Waals surface area contributed by atoms with Crippen LogP contribution < -0.4 is 5.32 Å². The molecule has 0 radical (unpaired) electrons. The van der Waals surface area contributed by atoms with Crippen LogP contribution in [0.2, 0.25) is 0 Å². The minimum Gasteiger partial charge on any atom is -0.468 e. The molecule has 4 nitrogen and oxygen atoms in total. The van der Waals surface area contributed by atoms with Crippen LogP contribution in [0.5, 0.6) is 0 Å². The quantitative estimate of drug-likeness (QED) is 0.700. The van der Waals surface area contributed by atoms with Crippen molar-refractivity contribution >= 4 is 5.97 Å². The van der Waals surface area contributed by atoms with E-state index in [9.17, 15) is 4.79 Å². The summed E-state index contributed by atoms with van der Waals surface area (Å²) in [6, 6.07) is 0.399. The summed E-state index contributed by atoms with van der Waals surface area (Å²) in [6.45, 7) is 11.6. The van der Waals surface area contributed by atoms with Gasteiger partial charge in [0, 0.05) is 6.04 Å². The highest BCUT2D eigenvalue weighted by Gasteiger charge is 2.36. The van der Waals surface area contributed by atoms with E-state index in [0.717, 1.165) is 32.0 Å². The lowest BCUT2D eigenvalue weighted by Crippen LogP contribution is -2.54. The van der Waals surface area contributed by atoms with E-state index in [0.29, 0.717) is 6.04 Å². The highest BCUT2D eigenvalue weighted by atomic mass is 16.5. The predicted octanol–water partition coefficient (Wildman–Crippen LogP) is 2.82. The van der Waals surface area contributed by atoms with Crippen molar-refractivity contribution in [3.63, 3.8) is 0 Å². The van der Waals surface area contributed by atoms with Gasteiger partial charge in [-0.25, -0.2) is 0 Å². The molecule has 2 unspecified atom stereocenters. The molecule has 1 rings (SSSR count). The van der Waals surface area contributed by atoms with E-state index in [1.165, 1.54) is 32.8 Å². The van der Waals surface area contributed by atoms with Gasteiger partial charge in [0.1, 0.15) is 5.54 Å². The number of esters is 1. The lowest BCUT2D eigenvalue weighted by molar-refractivity contribution is -0.148. The Bertz CT molecular complexity index is 314. The van der Waals surface area contributed by atoms with Crippen LogP contribution in [0.15, 0.2) is 0 Å². The molecule has 21 heavy (non-hydrogen) atoms. The van der Waals surface area contributed by atoms with Crippen LogP contribution in [-0.4, -0.2) is 49.2 Å². The minimum atomic E-state index is -0.580. The van der Waals surface area contributed by atoms with Gasteiger partial charge in [0.25, 0.3) is 0 Å². The molecule has 1 aliphatic rings. The normalized spacial score (nSPS) is 21.8. The van der Waals surface area contributed by atoms with Crippen LogP contribution in [0, 0.1) is 5.92 Å². The molecule has 0 bridgehead atoms. The average molecular weight is 298 g/mol. The Kier molecular flexibility index (Phi) is 7.67. The van der Waals surface area contributed by atoms with E-state index in [1.54, 1.807) is 0 Å². The Hall–Kier alpha value is -0.610. The van der Waals surface area contributed by atoms with Gasteiger partial charge in [-0.2, -0.15) is 0 Å². The Balaban J connectivity index is 2.54. The number of likely N-dealkylation sites (N-methyl/N-ethyl adjacent to an activating group) is 1. The monoisotopic (exact) mass is 298 g/mol. The van der Waals surface area contributed by atoms with Gasteiger partial charge in [-0.15, -0.1) is 0 Å². The zero-order valence-corrected chi connectivity index (χ0v) is 14.6. The molecule has 1 aliphatic heterocycles. The second-order valence-electron chi connectivity index (χ2n) is 6.68. The minimum absolute atomic E-state index is 0.155. The molecule has 0 aliphatic carbocycles. The summed E-state index contributed by atoms with van der Waals surface area (Å²) in [5.41, 5.74) is -0.580. The van der Waals surface area contributed by atoms with Crippen LogP contribution in [0.1, 0.15) is 59.8 Å². The van der Waals surface area contributed by atoms with Crippen LogP contribution in [0.25, 0.3) is 0 Å². The molecule has 0 amide bonds. The Morgan fingerprint density at radius 1 is 1.38 bits per heavy atom. The van der Waals surface area contributed by atoms with Gasteiger partial charge in [-0.05, 0) is 58.7 Å². The summed E-state index contributed by atoms with van der Waals surface area (Å²) in [7, 11) is 1.47. The Labute approximate surface area is 130 Å². The summed E-state index contributed by atoms with van der Waals surface area (Å²) in [5, 5.41) is 3.31. The van der Waals surface area contributed by atoms with Crippen LogP contribution in [-0.2, 0) is 9.53 Å². The SMILES string of the molecule is CCCC1CCN(C(C)CC(C)(NCC)C(=O)OC)CC1. The van der Waals surface area contributed by atoms with Crippen molar-refractivity contribution in [2.45, 2.75) is 71.4 Å². The molecular formula is C17H34N2O2. The third-order valence-corrected chi connectivity index (χ3v) is 4.88. The molecule has 0 aromatic rings. The van der Waals surface area contributed by atoms with Gasteiger partial charge in [0.05, 0.1) is 7.11 Å². The lowest BCUT2D eigenvalue weighted by atomic mass is 9.88. The zero-order valence-electron chi connectivity index (χ0n) is 14.6. The fourth-order valence-electron chi connectivity index (χ4n) is 3.65. The highest BCUT2D eigenvalue weighted by Crippen LogP contribution is 2.26. The van der Waals surface area contributed by atoms with Gasteiger partial charge in [0.2, 0.25) is 0 Å². The molecule has 1 saturated heterocycles. The fourth-order valence-corrected chi connectivity index (χ4v) is 3.65. The molecule has 0 saturated carbocycles. The second-order valence-corrected chi connectivity index (χ2v) is 6.68. The molecule has 0 spiro atoms. The number of rotatable bonds is 8. The van der Waals surface area contributed by atoms with Gasteiger partial charge in [-0.1, -0.05) is 26.7 Å². The smallest absolute Gasteiger partial charge is 0.325 e. The van der Waals surface area contributed by atoms with E-state index in [-0.39, 0.29) is 5.97 Å². The standard InChI is InChI=1S/C17H34N2O2/c1-6-8-15-9-11-19(12-10-15)14(3)13-17(4,18-7-2)16(20)21-5/h14-15,18H,6-13H2,1-5H3. The van der Waals surface area contributed by atoms with E-state index >= 15 is 0 Å². The number of ether oxygens (including phenoxy) is 1. The van der Waals surface area contributed by atoms with E-state index in [4.69, 9.17) is 4.74 Å². The molecule has 0 aromatic carbocycles. The summed E-state index contributed by atoms with van der Waals surface area (Å²) in [4.78, 5) is 14.6. The Morgan fingerprint density at radius 3 is 2.48 bits per heavy atom. The molecule has 1 fully saturated rings. The van der Waals surface area contributed by atoms with Crippen LogP contribution in [0.3, 0.4) is 0 Å². The average Bonchev–Trinajstić information content (AvgIpc) is 2.47. The molecule has 4 heteroatoms. The second kappa shape index (κ2) is 8.74. The number of methoxy groups -OCH3 is 1. The van der Waals surface area contributed by atoms with Crippen molar-refractivity contribution in [1.82, 2.24) is 10.2 Å². The van der Waals surface area contributed by atoms with Gasteiger partial charge in [-0.3, -0.25) is 4.79 Å². The summed E-state index contributed by atoms with van der Waals surface area (Å²) < 4.78 is 4.99. The first-order valence-corrected chi connectivity index (χ1v) is 8.54. The van der Waals surface area contributed by atoms with E-state index in [1.807, 2.05) is 13.8 Å². The lowest BCUT2D eigenvalue weighted by Gasteiger charge is -2.39. The summed E-state index contributed by atoms with van der Waals surface area (Å²) in [5.74, 6) is 0.747. The van der Waals surface area contributed by atoms with E-state index < -0.39 is 5.54 Å². The third-order valence-electron chi connectivity index (χ3n) is 4.88. The highest BCUT2D eigenvalue weighted by molar-refractivity contribution is 5.80. The van der Waals surface area contributed by atoms with Crippen molar-refractivity contribution in [2.24, 2.45) is 5.92 Å². The number of carbonyl (C=O) groups is 1. The molecule has 0 aromatic heterocycles. The first-order chi connectivity index (χ1) is 9.96. The van der Waals surface area contributed by atoms with Crippen molar-refractivity contribution < 1.29 is 9.53 Å². The number of likely N-dealkylation sites (tertiary alicyclic amines) is 1. The molecule has 1 heterocycles. The van der Waals surface area contributed by atoms with Crippen molar-refractivity contribution in [3.05, 3.63) is 0 Å². The number of hydrogen-bond donors (Lipinski definition) is 1. The number of hydrogen-bond acceptors (Lipinski definition) is 4. The molecule has 1 N–H and O–H groups in total. The number of carbonyl (C=O) groups excluding carboxylic acids is 1. The van der Waals surface area contributed by atoms with Crippen molar-refractivity contribution in [1.29, 1.82) is 0 Å². The maximum atomic E-state index is 12.1. The topological polar surface area (TPSA) is 41.6 Å². The first kappa shape index (κ1) is 18.4. The van der Waals surface area contributed by atoms with Gasteiger partial charge < -0.3 is 15.0 Å². The van der Waals surface area contributed by atoms with Crippen molar-refractivity contribution in [3.8, 4) is 0 Å². The zero-order chi connectivity index (χ0) is 15.9. The van der Waals surface area contributed by atoms with Gasteiger partial charge >= 0.3 is 5.97 Å². The maximum absolute atomic E-state index is 12.1. The largest absolute Gasteiger partial charge is 0.468 e. The van der Waals surface area contributed by atoms with Crippen LogP contribution >= 0.6 is 0 Å². The number of nitrogens with zero attached hydrogens (tertiary/aromatic N) is 1. The summed E-state index contributed by atoms with van der Waals surface area (Å²) in [6.07, 6.45) is 6.05. The summed E-state index contributed by atoms with van der Waals surface area (Å²) >= 11 is 0.